The number of hydrogen-bond acceptors (Lipinski definition) is 5. The van der Waals surface area contributed by atoms with Gasteiger partial charge in [-0.25, -0.2) is 9.78 Å². The SMILES string of the molecule is Cc1oc(CNc2cnc3ccccc3n2)cc1C(=O)O. The smallest absolute Gasteiger partial charge is 0.339 e. The van der Waals surface area contributed by atoms with Crippen molar-refractivity contribution in [3.63, 3.8) is 0 Å². The fourth-order valence-electron chi connectivity index (χ4n) is 2.06. The van der Waals surface area contributed by atoms with Crippen molar-refractivity contribution in [1.29, 1.82) is 0 Å². The highest BCUT2D eigenvalue weighted by Crippen LogP contribution is 2.16. The Morgan fingerprint density at radius 1 is 1.33 bits per heavy atom. The molecular formula is C15H13N3O3. The summed E-state index contributed by atoms with van der Waals surface area (Å²) in [5, 5.41) is 12.1. The van der Waals surface area contributed by atoms with E-state index in [9.17, 15) is 4.79 Å². The maximum absolute atomic E-state index is 11.0. The van der Waals surface area contributed by atoms with E-state index in [0.717, 1.165) is 11.0 Å². The van der Waals surface area contributed by atoms with Gasteiger partial charge >= 0.3 is 5.97 Å². The van der Waals surface area contributed by atoms with E-state index in [4.69, 9.17) is 9.52 Å². The summed E-state index contributed by atoms with van der Waals surface area (Å²) in [6, 6.07) is 9.09. The summed E-state index contributed by atoms with van der Waals surface area (Å²) in [6.07, 6.45) is 1.64. The van der Waals surface area contributed by atoms with E-state index in [-0.39, 0.29) is 5.56 Å². The third kappa shape index (κ3) is 2.69. The lowest BCUT2D eigenvalue weighted by Crippen LogP contribution is -2.01. The highest BCUT2D eigenvalue weighted by Gasteiger charge is 2.13. The first kappa shape index (κ1) is 13.1. The Balaban J connectivity index is 1.77. The van der Waals surface area contributed by atoms with Crippen LogP contribution in [0.2, 0.25) is 0 Å². The number of fused-ring (bicyclic) bond motifs is 1. The van der Waals surface area contributed by atoms with Crippen LogP contribution in [0.25, 0.3) is 11.0 Å². The van der Waals surface area contributed by atoms with Crippen molar-refractivity contribution in [3.8, 4) is 0 Å². The van der Waals surface area contributed by atoms with Crippen molar-refractivity contribution in [2.45, 2.75) is 13.5 Å². The standard InChI is InChI=1S/C15H13N3O3/c1-9-11(15(19)20)6-10(21-9)7-17-14-8-16-12-4-2-3-5-13(12)18-14/h2-6,8H,7H2,1H3,(H,17,18)(H,19,20). The van der Waals surface area contributed by atoms with Crippen LogP contribution in [0.3, 0.4) is 0 Å². The van der Waals surface area contributed by atoms with Crippen molar-refractivity contribution in [3.05, 3.63) is 53.6 Å². The largest absolute Gasteiger partial charge is 0.478 e. The Labute approximate surface area is 120 Å². The Bertz CT molecular complexity index is 811. The molecule has 0 aliphatic heterocycles. The summed E-state index contributed by atoms with van der Waals surface area (Å²) in [7, 11) is 0. The molecule has 0 unspecified atom stereocenters. The molecule has 1 aromatic carbocycles. The lowest BCUT2D eigenvalue weighted by molar-refractivity contribution is 0.0695. The van der Waals surface area contributed by atoms with Crippen molar-refractivity contribution >= 4 is 22.8 Å². The number of carbonyl (C=O) groups is 1. The molecule has 6 nitrogen and oxygen atoms in total. The molecule has 2 aromatic heterocycles. The average Bonchev–Trinajstić information content (AvgIpc) is 2.86. The van der Waals surface area contributed by atoms with Gasteiger partial charge in [-0.2, -0.15) is 0 Å². The zero-order valence-electron chi connectivity index (χ0n) is 11.3. The first-order valence-electron chi connectivity index (χ1n) is 6.42. The maximum atomic E-state index is 11.0. The molecule has 6 heteroatoms. The third-order valence-electron chi connectivity index (χ3n) is 3.09. The van der Waals surface area contributed by atoms with Crippen LogP contribution in [0, 0.1) is 6.92 Å². The van der Waals surface area contributed by atoms with Gasteiger partial charge in [-0.05, 0) is 25.1 Å². The summed E-state index contributed by atoms with van der Waals surface area (Å²) < 4.78 is 5.39. The summed E-state index contributed by atoms with van der Waals surface area (Å²) >= 11 is 0. The van der Waals surface area contributed by atoms with E-state index in [1.165, 1.54) is 6.07 Å². The van der Waals surface area contributed by atoms with Crippen LogP contribution in [0.4, 0.5) is 5.82 Å². The Morgan fingerprint density at radius 3 is 2.81 bits per heavy atom. The Morgan fingerprint density at radius 2 is 2.10 bits per heavy atom. The molecular weight excluding hydrogens is 270 g/mol. The first-order chi connectivity index (χ1) is 10.1. The zero-order valence-corrected chi connectivity index (χ0v) is 11.3. The zero-order chi connectivity index (χ0) is 14.8. The van der Waals surface area contributed by atoms with Crippen molar-refractivity contribution in [1.82, 2.24) is 9.97 Å². The lowest BCUT2D eigenvalue weighted by Gasteiger charge is -2.04. The molecule has 0 aliphatic carbocycles. The molecule has 2 N–H and O–H groups in total. The molecule has 3 rings (SSSR count). The quantitative estimate of drug-likeness (QED) is 0.765. The van der Waals surface area contributed by atoms with Gasteiger partial charge in [-0.15, -0.1) is 0 Å². The minimum absolute atomic E-state index is 0.177. The number of para-hydroxylation sites is 2. The maximum Gasteiger partial charge on any atom is 0.339 e. The van der Waals surface area contributed by atoms with Crippen LogP contribution in [-0.4, -0.2) is 21.0 Å². The number of nitrogens with zero attached hydrogens (tertiary/aromatic N) is 2. The predicted molar refractivity (Wildman–Crippen MR) is 77.3 cm³/mol. The van der Waals surface area contributed by atoms with Crippen LogP contribution in [-0.2, 0) is 6.54 Å². The van der Waals surface area contributed by atoms with E-state index >= 15 is 0 Å². The highest BCUT2D eigenvalue weighted by atomic mass is 16.4. The second-order valence-corrected chi connectivity index (χ2v) is 4.59. The number of hydrogen-bond donors (Lipinski definition) is 2. The van der Waals surface area contributed by atoms with Crippen molar-refractivity contribution in [2.75, 3.05) is 5.32 Å². The first-order valence-corrected chi connectivity index (χ1v) is 6.42. The summed E-state index contributed by atoms with van der Waals surface area (Å²) in [5.74, 6) is 0.552. The van der Waals surface area contributed by atoms with E-state index < -0.39 is 5.97 Å². The number of nitrogens with one attached hydrogen (secondary N) is 1. The fraction of sp³-hybridized carbons (Fsp3) is 0.133. The summed E-state index contributed by atoms with van der Waals surface area (Å²) in [5.41, 5.74) is 1.80. The monoisotopic (exact) mass is 283 g/mol. The van der Waals surface area contributed by atoms with E-state index in [1.807, 2.05) is 24.3 Å². The number of rotatable bonds is 4. The van der Waals surface area contributed by atoms with E-state index in [1.54, 1.807) is 13.1 Å². The second kappa shape index (κ2) is 5.24. The topological polar surface area (TPSA) is 88.3 Å². The number of carboxylic acids is 1. The molecule has 0 saturated carbocycles. The molecule has 106 valence electrons. The Hall–Kier alpha value is -2.89. The highest BCUT2D eigenvalue weighted by molar-refractivity contribution is 5.88. The van der Waals surface area contributed by atoms with E-state index in [0.29, 0.717) is 23.9 Å². The molecule has 0 bridgehead atoms. The van der Waals surface area contributed by atoms with Gasteiger partial charge in [0.2, 0.25) is 0 Å². The predicted octanol–water partition coefficient (Wildman–Crippen LogP) is 2.84. The van der Waals surface area contributed by atoms with Gasteiger partial charge in [0.25, 0.3) is 0 Å². The molecule has 0 amide bonds. The molecule has 0 saturated heterocycles. The molecule has 0 aliphatic rings. The fourth-order valence-corrected chi connectivity index (χ4v) is 2.06. The van der Waals surface area contributed by atoms with Gasteiger partial charge < -0.3 is 14.8 Å². The minimum Gasteiger partial charge on any atom is -0.478 e. The van der Waals surface area contributed by atoms with Gasteiger partial charge in [0.1, 0.15) is 22.9 Å². The number of aromatic carboxylic acids is 1. The van der Waals surface area contributed by atoms with Crippen LogP contribution < -0.4 is 5.32 Å². The van der Waals surface area contributed by atoms with E-state index in [2.05, 4.69) is 15.3 Å². The van der Waals surface area contributed by atoms with Crippen molar-refractivity contribution < 1.29 is 14.3 Å². The number of furan rings is 1. The average molecular weight is 283 g/mol. The normalized spacial score (nSPS) is 10.7. The number of aromatic nitrogens is 2. The van der Waals surface area contributed by atoms with Crippen LogP contribution >= 0.6 is 0 Å². The minimum atomic E-state index is -0.993. The van der Waals surface area contributed by atoms with Crippen LogP contribution in [0.15, 0.2) is 40.9 Å². The number of anilines is 1. The van der Waals surface area contributed by atoms with Gasteiger partial charge in [-0.3, -0.25) is 4.98 Å². The lowest BCUT2D eigenvalue weighted by atomic mass is 10.2. The molecule has 0 atom stereocenters. The molecule has 0 radical (unpaired) electrons. The molecule has 0 spiro atoms. The van der Waals surface area contributed by atoms with Gasteiger partial charge in [0, 0.05) is 0 Å². The summed E-state index contributed by atoms with van der Waals surface area (Å²) in [6.45, 7) is 1.98. The summed E-state index contributed by atoms with van der Waals surface area (Å²) in [4.78, 5) is 19.7. The van der Waals surface area contributed by atoms with Gasteiger partial charge in [0.05, 0.1) is 23.8 Å². The molecule has 0 fully saturated rings. The van der Waals surface area contributed by atoms with Crippen LogP contribution in [0.5, 0.6) is 0 Å². The molecule has 21 heavy (non-hydrogen) atoms. The number of aryl methyl sites for hydroxylation is 1. The number of benzene rings is 1. The second-order valence-electron chi connectivity index (χ2n) is 4.59. The Kier molecular flexibility index (Phi) is 3.27. The van der Waals surface area contributed by atoms with Crippen LogP contribution in [0.1, 0.15) is 21.9 Å². The molecule has 3 aromatic rings. The van der Waals surface area contributed by atoms with Gasteiger partial charge in [-0.1, -0.05) is 12.1 Å². The third-order valence-corrected chi connectivity index (χ3v) is 3.09. The van der Waals surface area contributed by atoms with Gasteiger partial charge in [0.15, 0.2) is 0 Å². The number of carboxylic acid groups (broad SMARTS) is 1. The molecule has 2 heterocycles. The van der Waals surface area contributed by atoms with Crippen molar-refractivity contribution in [2.24, 2.45) is 0 Å².